The minimum absolute atomic E-state index is 0.131. The number of nitriles is 1. The maximum atomic E-state index is 14.2. The number of halogens is 1. The molecule has 0 aliphatic rings. The molecule has 0 aliphatic carbocycles. The molecule has 7 heteroatoms. The highest BCUT2D eigenvalue weighted by molar-refractivity contribution is 6.60. The second-order valence-corrected chi connectivity index (χ2v) is 5.73. The van der Waals surface area contributed by atoms with E-state index in [0.29, 0.717) is 0 Å². The molecule has 114 valence electrons. The molecule has 0 radical (unpaired) electrons. The lowest BCUT2D eigenvalue weighted by Crippen LogP contribution is -2.53. The molecule has 0 bridgehead atoms. The van der Waals surface area contributed by atoms with Crippen molar-refractivity contribution in [2.75, 3.05) is 7.11 Å². The second-order valence-electron chi connectivity index (χ2n) is 5.73. The van der Waals surface area contributed by atoms with E-state index in [2.05, 4.69) is 0 Å². The van der Waals surface area contributed by atoms with Crippen molar-refractivity contribution in [3.63, 3.8) is 0 Å². The lowest BCUT2D eigenvalue weighted by molar-refractivity contribution is -0.0983. The first-order valence-electron chi connectivity index (χ1n) is 6.39. The van der Waals surface area contributed by atoms with E-state index in [9.17, 15) is 14.5 Å². The van der Waals surface area contributed by atoms with Gasteiger partial charge in [0.1, 0.15) is 0 Å². The van der Waals surface area contributed by atoms with Crippen molar-refractivity contribution in [1.82, 2.24) is 0 Å². The number of rotatable bonds is 5. The molecule has 0 aliphatic heterocycles. The summed E-state index contributed by atoms with van der Waals surface area (Å²) < 4.78 is 24.4. The lowest BCUT2D eigenvalue weighted by Gasteiger charge is -2.38. The van der Waals surface area contributed by atoms with Crippen LogP contribution in [0.1, 0.15) is 33.3 Å². The van der Waals surface area contributed by atoms with Gasteiger partial charge < -0.3 is 19.5 Å². The summed E-state index contributed by atoms with van der Waals surface area (Å²) >= 11 is 0. The highest BCUT2D eigenvalue weighted by Crippen LogP contribution is 2.26. The number of nitrogens with zero attached hydrogens (tertiary/aromatic N) is 1. The van der Waals surface area contributed by atoms with E-state index >= 15 is 0 Å². The van der Waals surface area contributed by atoms with Crippen LogP contribution < -0.4 is 10.2 Å². The van der Waals surface area contributed by atoms with Crippen LogP contribution in [0.15, 0.2) is 12.1 Å². The molecule has 2 N–H and O–H groups in total. The van der Waals surface area contributed by atoms with Crippen molar-refractivity contribution >= 4 is 12.6 Å². The van der Waals surface area contributed by atoms with Gasteiger partial charge in [-0.15, -0.1) is 0 Å². The number of methoxy groups -OCH3 is 1. The molecule has 1 aromatic carbocycles. The Morgan fingerprint density at radius 3 is 2.29 bits per heavy atom. The van der Waals surface area contributed by atoms with Crippen molar-refractivity contribution in [3.8, 4) is 11.8 Å². The van der Waals surface area contributed by atoms with Crippen molar-refractivity contribution < 1.29 is 23.9 Å². The summed E-state index contributed by atoms with van der Waals surface area (Å²) in [7, 11) is -0.384. The van der Waals surface area contributed by atoms with Gasteiger partial charge in [-0.25, -0.2) is 4.39 Å². The van der Waals surface area contributed by atoms with Gasteiger partial charge >= 0.3 is 7.12 Å². The van der Waals surface area contributed by atoms with Gasteiger partial charge in [0.2, 0.25) is 0 Å². The SMILES string of the molecule is COc1cc(C#N)cc(B(O)OC(C)(C)C(C)(C)O)c1F. The molecule has 21 heavy (non-hydrogen) atoms. The number of hydrogen-bond acceptors (Lipinski definition) is 5. The standard InChI is InChI=1S/C14H19BFNO4/c1-13(2,18)14(3,4)21-15(19)10-6-9(8-17)7-11(20-5)12(10)16/h6-7,18-19H,1-5H3. The third-order valence-corrected chi connectivity index (χ3v) is 3.56. The molecule has 0 spiro atoms. The van der Waals surface area contributed by atoms with E-state index in [1.807, 2.05) is 6.07 Å². The molecule has 0 saturated carbocycles. The maximum Gasteiger partial charge on any atom is 0.494 e. The minimum Gasteiger partial charge on any atom is -0.494 e. The third-order valence-electron chi connectivity index (χ3n) is 3.56. The van der Waals surface area contributed by atoms with E-state index in [1.165, 1.54) is 33.1 Å². The second kappa shape index (κ2) is 6.02. The summed E-state index contributed by atoms with van der Waals surface area (Å²) in [5, 5.41) is 29.0. The fraction of sp³-hybridized carbons (Fsp3) is 0.500. The summed E-state index contributed by atoms with van der Waals surface area (Å²) in [4.78, 5) is 0. The Morgan fingerprint density at radius 2 is 1.86 bits per heavy atom. The fourth-order valence-corrected chi connectivity index (χ4v) is 1.50. The smallest absolute Gasteiger partial charge is 0.494 e. The number of ether oxygens (including phenoxy) is 1. The highest BCUT2D eigenvalue weighted by atomic mass is 19.1. The van der Waals surface area contributed by atoms with Gasteiger partial charge in [-0.2, -0.15) is 5.26 Å². The van der Waals surface area contributed by atoms with Gasteiger partial charge in [-0.05, 0) is 33.8 Å². The van der Waals surface area contributed by atoms with Gasteiger partial charge in [0, 0.05) is 11.5 Å². The third kappa shape index (κ3) is 3.73. The molecule has 0 saturated heterocycles. The van der Waals surface area contributed by atoms with Gasteiger partial charge in [0.25, 0.3) is 0 Å². The van der Waals surface area contributed by atoms with E-state index in [-0.39, 0.29) is 16.8 Å². The zero-order valence-corrected chi connectivity index (χ0v) is 12.8. The van der Waals surface area contributed by atoms with E-state index in [1.54, 1.807) is 13.8 Å². The maximum absolute atomic E-state index is 14.2. The Morgan fingerprint density at radius 1 is 1.29 bits per heavy atom. The van der Waals surface area contributed by atoms with Crippen LogP contribution in [0.5, 0.6) is 5.75 Å². The summed E-state index contributed by atoms with van der Waals surface area (Å²) in [6, 6.07) is 4.27. The Kier molecular flexibility index (Phi) is 5.00. The van der Waals surface area contributed by atoms with Gasteiger partial charge in [0.05, 0.1) is 29.9 Å². The van der Waals surface area contributed by atoms with Crippen LogP contribution in [0, 0.1) is 17.1 Å². The molecule has 1 aromatic rings. The van der Waals surface area contributed by atoms with Crippen LogP contribution in [0.25, 0.3) is 0 Å². The zero-order valence-electron chi connectivity index (χ0n) is 12.8. The molecule has 0 aromatic heterocycles. The van der Waals surface area contributed by atoms with Crippen LogP contribution in [0.4, 0.5) is 4.39 Å². The van der Waals surface area contributed by atoms with E-state index in [4.69, 9.17) is 14.7 Å². The van der Waals surface area contributed by atoms with E-state index < -0.39 is 24.1 Å². The van der Waals surface area contributed by atoms with Crippen molar-refractivity contribution in [2.24, 2.45) is 0 Å². The summed E-state index contributed by atoms with van der Waals surface area (Å²) in [6.07, 6.45) is 0. The minimum atomic E-state index is -1.64. The van der Waals surface area contributed by atoms with Crippen molar-refractivity contribution in [2.45, 2.75) is 38.9 Å². The number of hydrogen-bond donors (Lipinski definition) is 2. The quantitative estimate of drug-likeness (QED) is 0.791. The van der Waals surface area contributed by atoms with Gasteiger partial charge in [-0.3, -0.25) is 0 Å². The number of aliphatic hydroxyl groups is 1. The van der Waals surface area contributed by atoms with Crippen LogP contribution in [0.3, 0.4) is 0 Å². The Hall–Kier alpha value is -1.62. The van der Waals surface area contributed by atoms with Crippen molar-refractivity contribution in [3.05, 3.63) is 23.5 Å². The first-order chi connectivity index (χ1) is 9.53. The molecular formula is C14H19BFNO4. The Balaban J connectivity index is 3.19. The molecule has 0 atom stereocenters. The largest absolute Gasteiger partial charge is 0.494 e. The topological polar surface area (TPSA) is 82.7 Å². The van der Waals surface area contributed by atoms with Crippen LogP contribution in [0.2, 0.25) is 0 Å². The number of benzene rings is 1. The van der Waals surface area contributed by atoms with E-state index in [0.717, 1.165) is 0 Å². The normalized spacial score (nSPS) is 12.0. The highest BCUT2D eigenvalue weighted by Gasteiger charge is 2.40. The van der Waals surface area contributed by atoms with Gasteiger partial charge in [-0.1, -0.05) is 0 Å². The summed E-state index contributed by atoms with van der Waals surface area (Å²) in [6.45, 7) is 6.17. The molecular weight excluding hydrogens is 276 g/mol. The predicted octanol–water partition coefficient (Wildman–Crippen LogP) is 0.960. The zero-order chi connectivity index (χ0) is 16.4. The van der Waals surface area contributed by atoms with Crippen molar-refractivity contribution in [1.29, 1.82) is 5.26 Å². The molecule has 0 heterocycles. The summed E-state index contributed by atoms with van der Waals surface area (Å²) in [5.74, 6) is -0.969. The fourth-order valence-electron chi connectivity index (χ4n) is 1.50. The molecule has 0 unspecified atom stereocenters. The summed E-state index contributed by atoms with van der Waals surface area (Å²) in [5.41, 5.74) is -2.49. The monoisotopic (exact) mass is 295 g/mol. The van der Waals surface area contributed by atoms with Crippen LogP contribution >= 0.6 is 0 Å². The average molecular weight is 295 g/mol. The predicted molar refractivity (Wildman–Crippen MR) is 76.7 cm³/mol. The molecule has 0 fully saturated rings. The Labute approximate surface area is 124 Å². The lowest BCUT2D eigenvalue weighted by atomic mass is 9.75. The van der Waals surface area contributed by atoms with Gasteiger partial charge in [0.15, 0.2) is 11.6 Å². The average Bonchev–Trinajstić information content (AvgIpc) is 2.37. The first-order valence-corrected chi connectivity index (χ1v) is 6.39. The Bertz CT molecular complexity index is 563. The molecule has 1 rings (SSSR count). The first kappa shape index (κ1) is 17.4. The van der Waals surface area contributed by atoms with Crippen LogP contribution in [-0.2, 0) is 4.65 Å². The van der Waals surface area contributed by atoms with Crippen LogP contribution in [-0.4, -0.2) is 35.6 Å². The molecule has 5 nitrogen and oxygen atoms in total. The molecule has 0 amide bonds.